The summed E-state index contributed by atoms with van der Waals surface area (Å²) in [6.45, 7) is 3.88. The second-order valence-electron chi connectivity index (χ2n) is 5.27. The number of sulfonamides is 1. The minimum Gasteiger partial charge on any atom is -0.322 e. The number of anilines is 2. The van der Waals surface area contributed by atoms with Crippen LogP contribution in [0.4, 0.5) is 11.4 Å². The molecule has 2 aromatic rings. The quantitative estimate of drug-likeness (QED) is 0.883. The first-order valence-electron chi connectivity index (χ1n) is 6.82. The van der Waals surface area contributed by atoms with Gasteiger partial charge in [-0.1, -0.05) is 23.7 Å². The van der Waals surface area contributed by atoms with Gasteiger partial charge in [0.25, 0.3) is 5.91 Å². The minimum absolute atomic E-state index is 0.169. The molecule has 0 radical (unpaired) electrons. The van der Waals surface area contributed by atoms with Gasteiger partial charge < -0.3 is 5.32 Å². The highest BCUT2D eigenvalue weighted by atomic mass is 35.5. The predicted octanol–water partition coefficient (Wildman–Crippen LogP) is 3.58. The lowest BCUT2D eigenvalue weighted by Crippen LogP contribution is -2.15. The summed E-state index contributed by atoms with van der Waals surface area (Å²) in [5.41, 5.74) is 3.23. The van der Waals surface area contributed by atoms with Crippen molar-refractivity contribution in [2.24, 2.45) is 0 Å². The first-order valence-corrected chi connectivity index (χ1v) is 9.09. The highest BCUT2D eigenvalue weighted by Crippen LogP contribution is 2.25. The van der Waals surface area contributed by atoms with Crippen molar-refractivity contribution in [1.29, 1.82) is 0 Å². The molecule has 1 amide bonds. The number of nitrogens with one attached hydrogen (secondary N) is 2. The van der Waals surface area contributed by atoms with Gasteiger partial charge in [-0.2, -0.15) is 0 Å². The Morgan fingerprint density at radius 3 is 2.43 bits per heavy atom. The Bertz CT molecular complexity index is 864. The SMILES string of the molecule is Cc1cccc(NC(=O)c2ccc(Cl)c(NS(C)(=O)=O)c2)c1C. The van der Waals surface area contributed by atoms with E-state index in [1.807, 2.05) is 32.0 Å². The average Bonchev–Trinajstić information content (AvgIpc) is 2.44. The molecule has 0 bridgehead atoms. The number of benzene rings is 2. The fourth-order valence-electron chi connectivity index (χ4n) is 2.03. The molecule has 0 aliphatic rings. The standard InChI is InChI=1S/C16H17ClN2O3S/c1-10-5-4-6-14(11(10)2)18-16(20)12-7-8-13(17)15(9-12)19-23(3,21)22/h4-9,19H,1-3H3,(H,18,20). The fraction of sp³-hybridized carbons (Fsp3) is 0.188. The molecule has 0 saturated heterocycles. The highest BCUT2D eigenvalue weighted by Gasteiger charge is 2.13. The molecule has 0 atom stereocenters. The van der Waals surface area contributed by atoms with Crippen molar-refractivity contribution >= 4 is 38.9 Å². The molecule has 0 unspecified atom stereocenters. The Balaban J connectivity index is 2.29. The van der Waals surface area contributed by atoms with E-state index in [4.69, 9.17) is 11.6 Å². The molecule has 23 heavy (non-hydrogen) atoms. The van der Waals surface area contributed by atoms with Crippen LogP contribution in [-0.2, 0) is 10.0 Å². The number of aryl methyl sites for hydroxylation is 1. The zero-order valence-electron chi connectivity index (χ0n) is 13.0. The molecule has 5 nitrogen and oxygen atoms in total. The molecule has 0 aliphatic heterocycles. The van der Waals surface area contributed by atoms with E-state index in [0.29, 0.717) is 11.3 Å². The van der Waals surface area contributed by atoms with Crippen molar-refractivity contribution < 1.29 is 13.2 Å². The molecule has 7 heteroatoms. The molecule has 0 aliphatic carbocycles. The van der Waals surface area contributed by atoms with E-state index in [-0.39, 0.29) is 16.6 Å². The summed E-state index contributed by atoms with van der Waals surface area (Å²) < 4.78 is 25.0. The summed E-state index contributed by atoms with van der Waals surface area (Å²) in [5.74, 6) is -0.341. The molecule has 122 valence electrons. The second-order valence-corrected chi connectivity index (χ2v) is 7.43. The van der Waals surface area contributed by atoms with Crippen LogP contribution in [0.2, 0.25) is 5.02 Å². The van der Waals surface area contributed by atoms with E-state index in [2.05, 4.69) is 10.0 Å². The van der Waals surface area contributed by atoms with Crippen LogP contribution in [0, 0.1) is 13.8 Å². The Hall–Kier alpha value is -2.05. The van der Waals surface area contributed by atoms with Crippen molar-refractivity contribution in [3.63, 3.8) is 0 Å². The van der Waals surface area contributed by atoms with Crippen LogP contribution >= 0.6 is 11.6 Å². The number of halogens is 1. The van der Waals surface area contributed by atoms with Crippen LogP contribution in [0.1, 0.15) is 21.5 Å². The lowest BCUT2D eigenvalue weighted by atomic mass is 10.1. The molecule has 0 heterocycles. The van der Waals surface area contributed by atoms with Crippen LogP contribution < -0.4 is 10.0 Å². The third-order valence-corrected chi connectivity index (χ3v) is 4.30. The zero-order valence-corrected chi connectivity index (χ0v) is 14.5. The van der Waals surface area contributed by atoms with Gasteiger partial charge in [0.05, 0.1) is 17.0 Å². The Kier molecular flexibility index (Phi) is 4.97. The lowest BCUT2D eigenvalue weighted by Gasteiger charge is -2.12. The van der Waals surface area contributed by atoms with Crippen LogP contribution in [0.25, 0.3) is 0 Å². The van der Waals surface area contributed by atoms with Gasteiger partial charge >= 0.3 is 0 Å². The van der Waals surface area contributed by atoms with Gasteiger partial charge in [-0.15, -0.1) is 0 Å². The first-order chi connectivity index (χ1) is 10.7. The lowest BCUT2D eigenvalue weighted by molar-refractivity contribution is 0.102. The molecule has 2 rings (SSSR count). The molecule has 0 aromatic heterocycles. The third-order valence-electron chi connectivity index (χ3n) is 3.38. The van der Waals surface area contributed by atoms with E-state index in [9.17, 15) is 13.2 Å². The van der Waals surface area contributed by atoms with Gasteiger partial charge in [0.15, 0.2) is 0 Å². The van der Waals surface area contributed by atoms with Gasteiger partial charge in [0.1, 0.15) is 0 Å². The minimum atomic E-state index is -3.48. The van der Waals surface area contributed by atoms with E-state index >= 15 is 0 Å². The molecule has 0 saturated carbocycles. The molecular weight excluding hydrogens is 336 g/mol. The summed E-state index contributed by atoms with van der Waals surface area (Å²) in [4.78, 5) is 12.4. The number of amides is 1. The van der Waals surface area contributed by atoms with Crippen LogP contribution in [-0.4, -0.2) is 20.6 Å². The molecular formula is C16H17ClN2O3S. The summed E-state index contributed by atoms with van der Waals surface area (Å²) in [5, 5.41) is 3.04. The first kappa shape index (κ1) is 17.3. The Morgan fingerprint density at radius 2 is 1.78 bits per heavy atom. The summed E-state index contributed by atoms with van der Waals surface area (Å²) in [7, 11) is -3.48. The largest absolute Gasteiger partial charge is 0.322 e. The third kappa shape index (κ3) is 4.46. The Morgan fingerprint density at radius 1 is 1.09 bits per heavy atom. The molecule has 0 fully saturated rings. The normalized spacial score (nSPS) is 11.1. The highest BCUT2D eigenvalue weighted by molar-refractivity contribution is 7.92. The number of hydrogen-bond donors (Lipinski definition) is 2. The summed E-state index contributed by atoms with van der Waals surface area (Å²) >= 11 is 5.95. The Labute approximate surface area is 140 Å². The van der Waals surface area contributed by atoms with Crippen LogP contribution in [0.5, 0.6) is 0 Å². The molecule has 0 spiro atoms. The van der Waals surface area contributed by atoms with Gasteiger partial charge in [-0.25, -0.2) is 8.42 Å². The van der Waals surface area contributed by atoms with Gasteiger partial charge in [-0.05, 0) is 49.2 Å². The maximum Gasteiger partial charge on any atom is 0.255 e. The van der Waals surface area contributed by atoms with Crippen molar-refractivity contribution in [2.45, 2.75) is 13.8 Å². The van der Waals surface area contributed by atoms with Crippen molar-refractivity contribution in [3.8, 4) is 0 Å². The predicted molar refractivity (Wildman–Crippen MR) is 93.8 cm³/mol. The topological polar surface area (TPSA) is 75.3 Å². The van der Waals surface area contributed by atoms with Gasteiger partial charge in [0, 0.05) is 11.3 Å². The molecule has 2 aromatic carbocycles. The maximum atomic E-state index is 12.4. The van der Waals surface area contributed by atoms with Crippen LogP contribution in [0.3, 0.4) is 0 Å². The maximum absolute atomic E-state index is 12.4. The molecule has 2 N–H and O–H groups in total. The van der Waals surface area contributed by atoms with E-state index in [1.54, 1.807) is 0 Å². The number of carbonyl (C=O) groups excluding carboxylic acids is 1. The van der Waals surface area contributed by atoms with Crippen LogP contribution in [0.15, 0.2) is 36.4 Å². The number of carbonyl (C=O) groups is 1. The van der Waals surface area contributed by atoms with Crippen molar-refractivity contribution in [2.75, 3.05) is 16.3 Å². The number of rotatable bonds is 4. The van der Waals surface area contributed by atoms with Crippen molar-refractivity contribution in [3.05, 3.63) is 58.1 Å². The smallest absolute Gasteiger partial charge is 0.255 e. The number of hydrogen-bond acceptors (Lipinski definition) is 3. The van der Waals surface area contributed by atoms with E-state index in [0.717, 1.165) is 17.4 Å². The monoisotopic (exact) mass is 352 g/mol. The summed E-state index contributed by atoms with van der Waals surface area (Å²) in [6, 6.07) is 10.1. The zero-order chi connectivity index (χ0) is 17.2. The average molecular weight is 353 g/mol. The van der Waals surface area contributed by atoms with E-state index < -0.39 is 10.0 Å². The van der Waals surface area contributed by atoms with E-state index in [1.165, 1.54) is 18.2 Å². The van der Waals surface area contributed by atoms with Gasteiger partial charge in [0.2, 0.25) is 10.0 Å². The second kappa shape index (κ2) is 6.60. The van der Waals surface area contributed by atoms with Gasteiger partial charge in [-0.3, -0.25) is 9.52 Å². The fourth-order valence-corrected chi connectivity index (χ4v) is 2.81. The summed E-state index contributed by atoms with van der Waals surface area (Å²) in [6.07, 6.45) is 1.02. The van der Waals surface area contributed by atoms with Crippen molar-refractivity contribution in [1.82, 2.24) is 0 Å².